The van der Waals surface area contributed by atoms with Gasteiger partial charge in [-0.05, 0) is 36.8 Å². The second-order valence-electron chi connectivity index (χ2n) is 4.77. The maximum Gasteiger partial charge on any atom is 0.0782 e. The zero-order chi connectivity index (χ0) is 13.4. The average molecular weight is 269 g/mol. The molecular weight excluding hydrogens is 254 g/mol. The molecule has 0 N–H and O–H groups in total. The molecule has 96 valence electrons. The fourth-order valence-electron chi connectivity index (χ4n) is 2.26. The summed E-state index contributed by atoms with van der Waals surface area (Å²) in [5.41, 5.74) is 4.30. The van der Waals surface area contributed by atoms with E-state index in [1.54, 1.807) is 0 Å². The molecule has 3 heteroatoms. The van der Waals surface area contributed by atoms with Crippen molar-refractivity contribution in [3.05, 3.63) is 71.4 Å². The second kappa shape index (κ2) is 4.67. The molecule has 1 unspecified atom stereocenters. The van der Waals surface area contributed by atoms with Crippen LogP contribution in [0.3, 0.4) is 0 Å². The Bertz CT molecular complexity index is 692. The first kappa shape index (κ1) is 12.2. The van der Waals surface area contributed by atoms with E-state index in [-0.39, 0.29) is 0 Å². The van der Waals surface area contributed by atoms with Gasteiger partial charge in [-0.25, -0.2) is 4.21 Å². The second-order valence-corrected chi connectivity index (χ2v) is 6.07. The van der Waals surface area contributed by atoms with Gasteiger partial charge in [0.2, 0.25) is 0 Å². The Balaban J connectivity index is 1.96. The lowest BCUT2D eigenvalue weighted by Crippen LogP contribution is -1.89. The third-order valence-electron chi connectivity index (χ3n) is 3.33. The van der Waals surface area contributed by atoms with E-state index in [4.69, 9.17) is 0 Å². The third kappa shape index (κ3) is 2.22. The minimum atomic E-state index is -1.13. The summed E-state index contributed by atoms with van der Waals surface area (Å²) in [6.45, 7) is 6.88. The molecule has 0 aliphatic carbocycles. The molecule has 0 radical (unpaired) electrons. The van der Waals surface area contributed by atoms with Crippen LogP contribution in [0.4, 0.5) is 0 Å². The zero-order valence-corrected chi connectivity index (χ0v) is 11.6. The Labute approximate surface area is 115 Å². The van der Waals surface area contributed by atoms with Crippen LogP contribution in [0.5, 0.6) is 0 Å². The van der Waals surface area contributed by atoms with Gasteiger partial charge in [0.25, 0.3) is 0 Å². The van der Waals surface area contributed by atoms with Crippen LogP contribution >= 0.6 is 0 Å². The Kier molecular flexibility index (Phi) is 2.99. The van der Waals surface area contributed by atoms with Crippen molar-refractivity contribution < 1.29 is 4.21 Å². The van der Waals surface area contributed by atoms with Gasteiger partial charge in [0.05, 0.1) is 10.8 Å². The summed E-state index contributed by atoms with van der Waals surface area (Å²) in [6.07, 6.45) is 2.02. The topological polar surface area (TPSA) is 22.0 Å². The van der Waals surface area contributed by atoms with E-state index in [9.17, 15) is 4.21 Å². The number of benzene rings is 1. The number of nitrogens with zero attached hydrogens (tertiary/aromatic N) is 1. The molecular formula is C16H15NOS. The highest BCUT2D eigenvalue weighted by atomic mass is 32.2. The van der Waals surface area contributed by atoms with E-state index in [0.717, 1.165) is 28.3 Å². The molecule has 1 aromatic heterocycles. The Hall–Kier alpha value is -1.87. The van der Waals surface area contributed by atoms with E-state index in [1.807, 2.05) is 54.9 Å². The number of aromatic nitrogens is 1. The van der Waals surface area contributed by atoms with Crippen LogP contribution < -0.4 is 0 Å². The SMILES string of the molecule is C=C1Cn2cccc2/C1=C\S(=O)c1ccc(C)cc1. The van der Waals surface area contributed by atoms with Crippen molar-refractivity contribution in [3.63, 3.8) is 0 Å². The summed E-state index contributed by atoms with van der Waals surface area (Å²) in [6, 6.07) is 11.8. The largest absolute Gasteiger partial charge is 0.343 e. The molecule has 2 nitrogen and oxygen atoms in total. The van der Waals surface area contributed by atoms with Crippen molar-refractivity contribution in [1.29, 1.82) is 0 Å². The Morgan fingerprint density at radius 3 is 2.74 bits per heavy atom. The molecule has 3 rings (SSSR count). The average Bonchev–Trinajstić information content (AvgIpc) is 2.94. The predicted molar refractivity (Wildman–Crippen MR) is 79.1 cm³/mol. The number of fused-ring (bicyclic) bond motifs is 1. The lowest BCUT2D eigenvalue weighted by atomic mass is 10.1. The normalized spacial score (nSPS) is 17.7. The number of aryl methyl sites for hydroxylation is 1. The summed E-state index contributed by atoms with van der Waals surface area (Å²) in [5, 5.41) is 1.81. The van der Waals surface area contributed by atoms with Crippen LogP contribution in [0, 0.1) is 6.92 Å². The molecule has 0 fully saturated rings. The summed E-state index contributed by atoms with van der Waals surface area (Å²) < 4.78 is 14.5. The zero-order valence-electron chi connectivity index (χ0n) is 10.8. The third-order valence-corrected chi connectivity index (χ3v) is 4.51. The molecule has 1 aliphatic rings. The smallest absolute Gasteiger partial charge is 0.0782 e. The fraction of sp³-hybridized carbons (Fsp3) is 0.125. The van der Waals surface area contributed by atoms with Crippen LogP contribution in [-0.2, 0) is 17.3 Å². The highest BCUT2D eigenvalue weighted by molar-refractivity contribution is 7.88. The maximum atomic E-state index is 12.4. The van der Waals surface area contributed by atoms with Crippen LogP contribution in [0.15, 0.2) is 65.1 Å². The monoisotopic (exact) mass is 269 g/mol. The quantitative estimate of drug-likeness (QED) is 0.817. The first-order chi connectivity index (χ1) is 9.15. The van der Waals surface area contributed by atoms with Crippen molar-refractivity contribution >= 4 is 16.4 Å². The van der Waals surface area contributed by atoms with Crippen molar-refractivity contribution in [2.24, 2.45) is 0 Å². The van der Waals surface area contributed by atoms with Gasteiger partial charge in [-0.1, -0.05) is 24.3 Å². The molecule has 2 heterocycles. The molecule has 2 aromatic rings. The van der Waals surface area contributed by atoms with E-state index >= 15 is 0 Å². The lowest BCUT2D eigenvalue weighted by molar-refractivity contribution is 0.688. The van der Waals surface area contributed by atoms with Gasteiger partial charge in [-0.15, -0.1) is 0 Å². The Morgan fingerprint density at radius 2 is 2.00 bits per heavy atom. The molecule has 0 saturated heterocycles. The number of hydrogen-bond acceptors (Lipinski definition) is 1. The van der Waals surface area contributed by atoms with Gasteiger partial charge in [0, 0.05) is 34.3 Å². The minimum absolute atomic E-state index is 0.791. The first-order valence-corrected chi connectivity index (χ1v) is 7.39. The molecule has 1 aromatic carbocycles. The molecule has 0 bridgehead atoms. The Morgan fingerprint density at radius 1 is 1.26 bits per heavy atom. The molecule has 0 saturated carbocycles. The molecule has 1 aliphatic heterocycles. The number of hydrogen-bond donors (Lipinski definition) is 0. The molecule has 0 amide bonds. The molecule has 0 spiro atoms. The molecule has 1 atom stereocenters. The van der Waals surface area contributed by atoms with Crippen LogP contribution in [-0.4, -0.2) is 8.78 Å². The first-order valence-electron chi connectivity index (χ1n) is 6.18. The fourth-order valence-corrected chi connectivity index (χ4v) is 3.30. The maximum absolute atomic E-state index is 12.4. The van der Waals surface area contributed by atoms with Gasteiger partial charge in [0.15, 0.2) is 0 Å². The van der Waals surface area contributed by atoms with E-state index in [2.05, 4.69) is 11.1 Å². The van der Waals surface area contributed by atoms with Crippen LogP contribution in [0.25, 0.3) is 5.57 Å². The molecule has 19 heavy (non-hydrogen) atoms. The van der Waals surface area contributed by atoms with Crippen molar-refractivity contribution in [3.8, 4) is 0 Å². The standard InChI is InChI=1S/C16H15NOS/c1-12-5-7-14(8-6-12)19(18)11-15-13(2)10-17-9-3-4-16(15)17/h3-9,11H,2,10H2,1H3/b15-11-. The lowest BCUT2D eigenvalue weighted by Gasteiger charge is -2.01. The van der Waals surface area contributed by atoms with E-state index in [1.165, 1.54) is 5.56 Å². The van der Waals surface area contributed by atoms with Crippen molar-refractivity contribution in [2.75, 3.05) is 0 Å². The van der Waals surface area contributed by atoms with Crippen LogP contribution in [0.1, 0.15) is 11.3 Å². The van der Waals surface area contributed by atoms with Gasteiger partial charge < -0.3 is 4.57 Å². The van der Waals surface area contributed by atoms with Gasteiger partial charge in [0.1, 0.15) is 0 Å². The predicted octanol–water partition coefficient (Wildman–Crippen LogP) is 3.52. The summed E-state index contributed by atoms with van der Waals surface area (Å²) in [4.78, 5) is 0.830. The summed E-state index contributed by atoms with van der Waals surface area (Å²) in [7, 11) is -1.13. The summed E-state index contributed by atoms with van der Waals surface area (Å²) in [5.74, 6) is 0. The highest BCUT2D eigenvalue weighted by Crippen LogP contribution is 2.32. The van der Waals surface area contributed by atoms with Gasteiger partial charge >= 0.3 is 0 Å². The van der Waals surface area contributed by atoms with Gasteiger partial charge in [-0.2, -0.15) is 0 Å². The number of allylic oxidation sites excluding steroid dienone is 2. The van der Waals surface area contributed by atoms with Crippen molar-refractivity contribution in [2.45, 2.75) is 18.4 Å². The van der Waals surface area contributed by atoms with Gasteiger partial charge in [-0.3, -0.25) is 0 Å². The minimum Gasteiger partial charge on any atom is -0.343 e. The van der Waals surface area contributed by atoms with E-state index in [0.29, 0.717) is 0 Å². The number of rotatable bonds is 2. The van der Waals surface area contributed by atoms with Crippen molar-refractivity contribution in [1.82, 2.24) is 4.57 Å². The summed E-state index contributed by atoms with van der Waals surface area (Å²) >= 11 is 0. The highest BCUT2D eigenvalue weighted by Gasteiger charge is 2.19. The van der Waals surface area contributed by atoms with Crippen LogP contribution in [0.2, 0.25) is 0 Å². The van der Waals surface area contributed by atoms with E-state index < -0.39 is 10.8 Å².